The molecule has 0 bridgehead atoms. The van der Waals surface area contributed by atoms with Gasteiger partial charge in [-0.25, -0.2) is 4.68 Å². The van der Waals surface area contributed by atoms with Crippen LogP contribution in [0.4, 0.5) is 0 Å². The SMILES string of the molecule is OC[C@H]1O[C@@H](n2cc(-c3ccccn3)nn2)CC1O.[Ir].[c-]1ccccc1-c1ncco1.[c-]1ccccc1-c1ncco1. The molecule has 0 amide bonds. The van der Waals surface area contributed by atoms with Gasteiger partial charge in [-0.1, -0.05) is 22.4 Å². The fraction of sp³-hybridized carbons (Fsp3) is 0.167. The van der Waals surface area contributed by atoms with Crippen LogP contribution in [0.15, 0.2) is 113 Å². The number of aliphatic hydroxyl groups excluding tert-OH is 2. The molecule has 3 atom stereocenters. The van der Waals surface area contributed by atoms with Crippen molar-refractivity contribution in [2.75, 3.05) is 6.61 Å². The van der Waals surface area contributed by atoms with Crippen molar-refractivity contribution in [1.82, 2.24) is 29.9 Å². The summed E-state index contributed by atoms with van der Waals surface area (Å²) in [7, 11) is 0. The minimum Gasteiger partial charge on any atom is -0.489 e. The summed E-state index contributed by atoms with van der Waals surface area (Å²) in [5.74, 6) is 1.23. The van der Waals surface area contributed by atoms with Gasteiger partial charge in [-0.05, 0) is 12.1 Å². The monoisotopic (exact) mass is 743 g/mol. The van der Waals surface area contributed by atoms with Crippen LogP contribution in [0.2, 0.25) is 0 Å². The minimum atomic E-state index is -0.683. The van der Waals surface area contributed by atoms with Crippen molar-refractivity contribution in [2.24, 2.45) is 0 Å². The number of pyridine rings is 1. The van der Waals surface area contributed by atoms with Crippen molar-refractivity contribution < 1.29 is 43.9 Å². The van der Waals surface area contributed by atoms with Gasteiger partial charge in [-0.3, -0.25) is 15.0 Å². The molecular weight excluding hydrogens is 717 g/mol. The molecule has 0 saturated carbocycles. The molecule has 4 aromatic heterocycles. The van der Waals surface area contributed by atoms with Gasteiger partial charge in [0.2, 0.25) is 0 Å². The quantitative estimate of drug-likeness (QED) is 0.246. The summed E-state index contributed by atoms with van der Waals surface area (Å²) in [4.78, 5) is 12.2. The van der Waals surface area contributed by atoms with E-state index < -0.39 is 18.4 Å². The molecule has 1 aliphatic rings. The summed E-state index contributed by atoms with van der Waals surface area (Å²) < 4.78 is 17.2. The van der Waals surface area contributed by atoms with Gasteiger partial charge >= 0.3 is 0 Å². The summed E-state index contributed by atoms with van der Waals surface area (Å²) in [5, 5.41) is 26.7. The Bertz CT molecular complexity index is 1480. The molecule has 0 spiro atoms. The van der Waals surface area contributed by atoms with Crippen LogP contribution in [0, 0.1) is 12.1 Å². The number of nitrogens with zero attached hydrogens (tertiary/aromatic N) is 6. The van der Waals surface area contributed by atoms with E-state index in [1.54, 1.807) is 42.0 Å². The second kappa shape index (κ2) is 15.6. The molecule has 1 unspecified atom stereocenters. The average molecular weight is 743 g/mol. The zero-order valence-corrected chi connectivity index (χ0v) is 24.5. The van der Waals surface area contributed by atoms with Gasteiger partial charge in [0.1, 0.15) is 23.6 Å². The van der Waals surface area contributed by atoms with Gasteiger partial charge in [0.25, 0.3) is 0 Å². The van der Waals surface area contributed by atoms with Gasteiger partial charge in [-0.15, -0.1) is 65.8 Å². The fourth-order valence-electron chi connectivity index (χ4n) is 3.86. The van der Waals surface area contributed by atoms with Gasteiger partial charge < -0.3 is 23.8 Å². The van der Waals surface area contributed by atoms with Crippen LogP contribution in [-0.4, -0.2) is 59.0 Å². The van der Waals surface area contributed by atoms with Crippen LogP contribution in [0.5, 0.6) is 0 Å². The first kappa shape index (κ1) is 30.6. The van der Waals surface area contributed by atoms with Crippen LogP contribution in [0.25, 0.3) is 34.3 Å². The summed E-state index contributed by atoms with van der Waals surface area (Å²) in [6, 6.07) is 26.7. The van der Waals surface area contributed by atoms with Gasteiger partial charge in [0.15, 0.2) is 6.23 Å². The maximum atomic E-state index is 9.69. The van der Waals surface area contributed by atoms with Gasteiger partial charge in [0.05, 0.1) is 49.5 Å². The van der Waals surface area contributed by atoms with Crippen LogP contribution in [0.1, 0.15) is 12.6 Å². The molecule has 7 rings (SSSR count). The molecule has 1 radical (unpaired) electrons. The van der Waals surface area contributed by atoms with Crippen molar-refractivity contribution in [3.8, 4) is 34.3 Å². The Balaban J connectivity index is 0.000000152. The maximum Gasteiger partial charge on any atom is 0.155 e. The third-order valence-corrected chi connectivity index (χ3v) is 5.86. The number of hydrogen-bond acceptors (Lipinski definition) is 10. The van der Waals surface area contributed by atoms with Crippen molar-refractivity contribution in [3.63, 3.8) is 0 Å². The maximum absolute atomic E-state index is 9.69. The Morgan fingerprint density at radius 3 is 1.93 bits per heavy atom. The average Bonchev–Trinajstić information content (AvgIpc) is 3.87. The normalized spacial score (nSPS) is 17.2. The molecule has 5 heterocycles. The number of hydrogen-bond donors (Lipinski definition) is 2. The zero-order valence-electron chi connectivity index (χ0n) is 22.1. The molecule has 1 saturated heterocycles. The molecule has 0 aliphatic carbocycles. The Kier molecular flexibility index (Phi) is 11.4. The molecule has 1 aliphatic heterocycles. The molecule has 12 heteroatoms. The van der Waals surface area contributed by atoms with Crippen molar-refractivity contribution in [2.45, 2.75) is 24.9 Å². The number of ether oxygens (including phenoxy) is 1. The van der Waals surface area contributed by atoms with Crippen molar-refractivity contribution >= 4 is 0 Å². The minimum absolute atomic E-state index is 0. The predicted molar refractivity (Wildman–Crippen MR) is 146 cm³/mol. The van der Waals surface area contributed by atoms with Crippen LogP contribution in [-0.2, 0) is 24.8 Å². The van der Waals surface area contributed by atoms with E-state index in [0.717, 1.165) is 16.8 Å². The van der Waals surface area contributed by atoms with E-state index in [1.807, 2.05) is 66.7 Å². The number of benzene rings is 2. The first-order valence-electron chi connectivity index (χ1n) is 12.7. The van der Waals surface area contributed by atoms with Crippen molar-refractivity contribution in [3.05, 3.63) is 116 Å². The molecule has 217 valence electrons. The molecule has 2 N–H and O–H groups in total. The summed E-state index contributed by atoms with van der Waals surface area (Å²) in [6.07, 6.45) is 8.49. The Hall–Kier alpha value is -4.32. The number of aromatic nitrogens is 6. The number of aliphatic hydroxyl groups is 2. The van der Waals surface area contributed by atoms with E-state index in [4.69, 9.17) is 18.7 Å². The Labute approximate surface area is 255 Å². The standard InChI is InChI=1S/C12H14N4O3.2C9H6NO.Ir/c17-7-11-10(18)5-12(19-11)16-6-9(14-15-16)8-3-1-2-4-13-8;2*1-2-4-8(5-3-1)9-10-6-7-11-9;/h1-4,6,10-12,17-18H,5,7H2;2*1-4,6-7H;/q;2*-1;/t10?,11-,12-;;;/m1.../s1. The number of oxazole rings is 2. The second-order valence-electron chi connectivity index (χ2n) is 8.64. The third kappa shape index (κ3) is 8.12. The molecular formula is C30H26IrN6O5-2. The van der Waals surface area contributed by atoms with Crippen LogP contribution >= 0.6 is 0 Å². The van der Waals surface area contributed by atoms with Crippen LogP contribution in [0.3, 0.4) is 0 Å². The molecule has 1 fully saturated rings. The summed E-state index contributed by atoms with van der Waals surface area (Å²) in [5.41, 5.74) is 3.15. The van der Waals surface area contributed by atoms with Crippen molar-refractivity contribution in [1.29, 1.82) is 0 Å². The first-order chi connectivity index (χ1) is 20.2. The summed E-state index contributed by atoms with van der Waals surface area (Å²) in [6.45, 7) is -0.209. The molecule has 42 heavy (non-hydrogen) atoms. The third-order valence-electron chi connectivity index (χ3n) is 5.86. The molecule has 11 nitrogen and oxygen atoms in total. The summed E-state index contributed by atoms with van der Waals surface area (Å²) >= 11 is 0. The van der Waals surface area contributed by atoms with Crippen LogP contribution < -0.4 is 0 Å². The zero-order chi connectivity index (χ0) is 28.3. The van der Waals surface area contributed by atoms with E-state index in [-0.39, 0.29) is 26.7 Å². The fourth-order valence-corrected chi connectivity index (χ4v) is 3.86. The largest absolute Gasteiger partial charge is 0.489 e. The predicted octanol–water partition coefficient (Wildman–Crippen LogP) is 4.26. The van der Waals surface area contributed by atoms with E-state index in [2.05, 4.69) is 37.4 Å². The van der Waals surface area contributed by atoms with E-state index in [9.17, 15) is 5.11 Å². The smallest absolute Gasteiger partial charge is 0.155 e. The number of rotatable bonds is 5. The Morgan fingerprint density at radius 2 is 1.45 bits per heavy atom. The Morgan fingerprint density at radius 1 is 0.810 bits per heavy atom. The van der Waals surface area contributed by atoms with Gasteiger partial charge in [-0.2, -0.15) is 0 Å². The molecule has 2 aromatic carbocycles. The topological polar surface area (TPSA) is 145 Å². The first-order valence-corrected chi connectivity index (χ1v) is 12.7. The molecule has 6 aromatic rings. The van der Waals surface area contributed by atoms with Gasteiger partial charge in [0, 0.05) is 32.7 Å². The van der Waals surface area contributed by atoms with E-state index >= 15 is 0 Å². The second-order valence-corrected chi connectivity index (χ2v) is 8.64. The van der Waals surface area contributed by atoms with E-state index in [1.165, 1.54) is 0 Å². The van der Waals surface area contributed by atoms with E-state index in [0.29, 0.717) is 23.9 Å².